The highest BCUT2D eigenvalue weighted by Crippen LogP contribution is 2.49. The maximum atomic E-state index is 13.5. The summed E-state index contributed by atoms with van der Waals surface area (Å²) in [6.45, 7) is 0.413. The zero-order valence-electron chi connectivity index (χ0n) is 15.2. The Morgan fingerprint density at radius 1 is 1.15 bits per heavy atom. The maximum absolute atomic E-state index is 13.5. The van der Waals surface area contributed by atoms with E-state index in [0.29, 0.717) is 18.5 Å². The minimum atomic E-state index is -0.926. The second-order valence-electron chi connectivity index (χ2n) is 7.57. The van der Waals surface area contributed by atoms with Crippen LogP contribution in [0.1, 0.15) is 55.3 Å². The Morgan fingerprint density at radius 3 is 2.85 bits per heavy atom. The molecule has 0 fully saturated rings. The van der Waals surface area contributed by atoms with Gasteiger partial charge in [0.1, 0.15) is 0 Å². The summed E-state index contributed by atoms with van der Waals surface area (Å²) in [6.07, 6.45) is 3.83. The van der Waals surface area contributed by atoms with Crippen LogP contribution in [0.2, 0.25) is 0 Å². The number of ketones is 1. The van der Waals surface area contributed by atoms with Crippen LogP contribution in [0.3, 0.4) is 0 Å². The van der Waals surface area contributed by atoms with Crippen LogP contribution in [-0.4, -0.2) is 30.9 Å². The molecule has 2 atom stereocenters. The zero-order chi connectivity index (χ0) is 18.6. The molecule has 1 aliphatic heterocycles. The molecule has 5 heteroatoms. The molecule has 0 unspecified atom stereocenters. The average molecular weight is 360 g/mol. The molecule has 1 spiro atoms. The quantitative estimate of drug-likeness (QED) is 0.767. The van der Waals surface area contributed by atoms with E-state index in [9.17, 15) is 9.59 Å². The van der Waals surface area contributed by atoms with Crippen molar-refractivity contribution in [1.82, 2.24) is 0 Å². The summed E-state index contributed by atoms with van der Waals surface area (Å²) >= 11 is 0. The van der Waals surface area contributed by atoms with Gasteiger partial charge in [-0.1, -0.05) is 30.3 Å². The number of ether oxygens (including phenoxy) is 1. The van der Waals surface area contributed by atoms with Crippen molar-refractivity contribution in [2.24, 2.45) is 10.2 Å². The van der Waals surface area contributed by atoms with Gasteiger partial charge in [0.05, 0.1) is 19.2 Å². The van der Waals surface area contributed by atoms with Crippen molar-refractivity contribution in [2.75, 3.05) is 13.7 Å². The summed E-state index contributed by atoms with van der Waals surface area (Å²) < 4.78 is 4.95. The smallest absolute Gasteiger partial charge is 0.338 e. The third-order valence-corrected chi connectivity index (χ3v) is 6.32. The summed E-state index contributed by atoms with van der Waals surface area (Å²) in [6, 6.07) is 11.4. The van der Waals surface area contributed by atoms with E-state index in [-0.39, 0.29) is 11.7 Å². The van der Waals surface area contributed by atoms with Gasteiger partial charge in [-0.25, -0.2) is 4.79 Å². The number of hydrogen-bond donors (Lipinski definition) is 0. The first-order valence-electron chi connectivity index (χ1n) is 9.40. The van der Waals surface area contributed by atoms with Crippen molar-refractivity contribution in [3.05, 3.63) is 69.8 Å². The van der Waals surface area contributed by atoms with Crippen LogP contribution >= 0.6 is 0 Å². The minimum absolute atomic E-state index is 0.0399. The van der Waals surface area contributed by atoms with E-state index in [1.54, 1.807) is 6.07 Å². The number of rotatable bonds is 2. The molecule has 0 saturated heterocycles. The van der Waals surface area contributed by atoms with Crippen LogP contribution in [-0.2, 0) is 24.0 Å². The van der Waals surface area contributed by atoms with Crippen LogP contribution in [0.15, 0.2) is 46.6 Å². The lowest BCUT2D eigenvalue weighted by Crippen LogP contribution is -2.39. The van der Waals surface area contributed by atoms with Gasteiger partial charge >= 0.3 is 5.97 Å². The minimum Gasteiger partial charge on any atom is -0.465 e. The first kappa shape index (κ1) is 16.4. The van der Waals surface area contributed by atoms with Crippen molar-refractivity contribution in [1.29, 1.82) is 0 Å². The predicted molar refractivity (Wildman–Crippen MR) is 99.5 cm³/mol. The number of aryl methyl sites for hydroxylation is 1. The van der Waals surface area contributed by atoms with Gasteiger partial charge < -0.3 is 4.74 Å². The number of carbonyl (C=O) groups excluding carboxylic acids is 2. The van der Waals surface area contributed by atoms with E-state index < -0.39 is 11.5 Å². The van der Waals surface area contributed by atoms with Gasteiger partial charge in [-0.2, -0.15) is 10.2 Å². The Hall–Kier alpha value is -2.82. The van der Waals surface area contributed by atoms with Crippen LogP contribution in [0.4, 0.5) is 0 Å². The number of methoxy groups -OCH3 is 1. The molecule has 0 bridgehead atoms. The lowest BCUT2D eigenvalue weighted by molar-refractivity contribution is 0.0597. The Kier molecular flexibility index (Phi) is 3.54. The zero-order valence-corrected chi connectivity index (χ0v) is 15.2. The molecule has 2 aliphatic carbocycles. The lowest BCUT2D eigenvalue weighted by atomic mass is 9.76. The van der Waals surface area contributed by atoms with Crippen LogP contribution in [0, 0.1) is 0 Å². The Balaban J connectivity index is 1.63. The molecule has 0 N–H and O–H groups in total. The SMILES string of the molecule is COC(=O)c1ccccc1[C@H]1CN=N[C@@]12Cc1c(ccc3c1CCC3)C2=O. The summed E-state index contributed by atoms with van der Waals surface area (Å²) in [7, 11) is 1.37. The maximum Gasteiger partial charge on any atom is 0.338 e. The predicted octanol–water partition coefficient (Wildman–Crippen LogP) is 3.69. The highest BCUT2D eigenvalue weighted by Gasteiger charge is 2.55. The average Bonchev–Trinajstić information content (AvgIpc) is 3.40. The summed E-state index contributed by atoms with van der Waals surface area (Å²) in [5, 5.41) is 8.78. The van der Waals surface area contributed by atoms with E-state index in [2.05, 4.69) is 16.3 Å². The number of azo groups is 1. The fourth-order valence-corrected chi connectivity index (χ4v) is 5.02. The standard InChI is InChI=1S/C22H20N2O3/c1-27-21(26)17-7-3-2-6-15(17)19-12-23-24-22(19)11-18-14-8-4-5-13(14)9-10-16(18)20(22)25/h2-3,6-7,9-10,19H,4-5,8,11-12H2,1H3/t19-,22+/m1/s1. The number of nitrogens with zero attached hydrogens (tertiary/aromatic N) is 2. The molecule has 0 saturated carbocycles. The third-order valence-electron chi connectivity index (χ3n) is 6.32. The van der Waals surface area contributed by atoms with E-state index >= 15 is 0 Å². The fourth-order valence-electron chi connectivity index (χ4n) is 5.02. The lowest BCUT2D eigenvalue weighted by Gasteiger charge is -2.27. The third kappa shape index (κ3) is 2.17. The van der Waals surface area contributed by atoms with Gasteiger partial charge in [0.15, 0.2) is 11.3 Å². The highest BCUT2D eigenvalue weighted by atomic mass is 16.5. The Labute approximate surface area is 157 Å². The van der Waals surface area contributed by atoms with Crippen molar-refractivity contribution < 1.29 is 14.3 Å². The monoisotopic (exact) mass is 360 g/mol. The van der Waals surface area contributed by atoms with E-state index in [0.717, 1.165) is 36.0 Å². The van der Waals surface area contributed by atoms with E-state index in [4.69, 9.17) is 4.74 Å². The number of benzene rings is 2. The second-order valence-corrected chi connectivity index (χ2v) is 7.57. The highest BCUT2D eigenvalue weighted by molar-refractivity contribution is 6.09. The molecule has 0 radical (unpaired) electrons. The van der Waals surface area contributed by atoms with Crippen LogP contribution in [0.5, 0.6) is 0 Å². The van der Waals surface area contributed by atoms with E-state index in [1.165, 1.54) is 18.2 Å². The topological polar surface area (TPSA) is 68.1 Å². The second kappa shape index (κ2) is 5.84. The van der Waals surface area contributed by atoms with E-state index in [1.807, 2.05) is 24.3 Å². The van der Waals surface area contributed by atoms with Crippen molar-refractivity contribution in [2.45, 2.75) is 37.1 Å². The van der Waals surface area contributed by atoms with Gasteiger partial charge in [-0.05, 0) is 47.6 Å². The molecular weight excluding hydrogens is 340 g/mol. The summed E-state index contributed by atoms with van der Waals surface area (Å²) in [4.78, 5) is 25.8. The Morgan fingerprint density at radius 2 is 2.00 bits per heavy atom. The molecule has 27 heavy (non-hydrogen) atoms. The van der Waals surface area contributed by atoms with Gasteiger partial charge in [-0.15, -0.1) is 0 Å². The molecule has 0 amide bonds. The largest absolute Gasteiger partial charge is 0.465 e. The van der Waals surface area contributed by atoms with Crippen LogP contribution in [0.25, 0.3) is 0 Å². The van der Waals surface area contributed by atoms with Gasteiger partial charge in [0.2, 0.25) is 0 Å². The Bertz CT molecular complexity index is 1010. The number of Topliss-reactive ketones (excluding diaryl/α,β-unsaturated/α-hetero) is 1. The summed E-state index contributed by atoms with van der Waals surface area (Å²) in [5.41, 5.74) is 5.00. The molecule has 5 rings (SSSR count). The van der Waals surface area contributed by atoms with Gasteiger partial charge in [0, 0.05) is 17.9 Å². The first-order valence-corrected chi connectivity index (χ1v) is 9.40. The normalized spacial score (nSPS) is 25.1. The molecule has 2 aromatic rings. The number of fused-ring (bicyclic) bond motifs is 3. The molecule has 2 aromatic carbocycles. The number of esters is 1. The molecular formula is C22H20N2O3. The molecule has 136 valence electrons. The number of hydrogen-bond acceptors (Lipinski definition) is 5. The molecule has 0 aromatic heterocycles. The van der Waals surface area contributed by atoms with Gasteiger partial charge in [0.25, 0.3) is 0 Å². The first-order chi connectivity index (χ1) is 13.2. The molecule has 5 nitrogen and oxygen atoms in total. The van der Waals surface area contributed by atoms with Crippen molar-refractivity contribution in [3.8, 4) is 0 Å². The van der Waals surface area contributed by atoms with Crippen molar-refractivity contribution in [3.63, 3.8) is 0 Å². The molecule has 3 aliphatic rings. The fraction of sp³-hybridized carbons (Fsp3) is 0.364. The van der Waals surface area contributed by atoms with Crippen LogP contribution < -0.4 is 0 Å². The van der Waals surface area contributed by atoms with Crippen molar-refractivity contribution >= 4 is 11.8 Å². The summed E-state index contributed by atoms with van der Waals surface area (Å²) in [5.74, 6) is -0.598. The number of carbonyl (C=O) groups is 2. The van der Waals surface area contributed by atoms with Gasteiger partial charge in [-0.3, -0.25) is 4.79 Å². The molecule has 1 heterocycles.